The molecule has 0 aromatic carbocycles. The van der Waals surface area contributed by atoms with E-state index in [-0.39, 0.29) is 0 Å². The van der Waals surface area contributed by atoms with Gasteiger partial charge in [0, 0.05) is 0 Å². The van der Waals surface area contributed by atoms with Crippen molar-refractivity contribution in [3.8, 4) is 0 Å². The van der Waals surface area contributed by atoms with Gasteiger partial charge in [0.15, 0.2) is 0 Å². The second-order valence-electron chi connectivity index (χ2n) is 7.34. The van der Waals surface area contributed by atoms with Gasteiger partial charge < -0.3 is 0 Å². The molecule has 5 fully saturated rings. The lowest BCUT2D eigenvalue weighted by Gasteiger charge is -2.05. The third kappa shape index (κ3) is 122. The highest BCUT2D eigenvalue weighted by atomic mass is 14.2. The van der Waals surface area contributed by atoms with Gasteiger partial charge >= 0.3 is 0 Å². The fourth-order valence-corrected chi connectivity index (χ4v) is 1.17. The summed E-state index contributed by atoms with van der Waals surface area (Å²) in [6.45, 7) is 38.3. The third-order valence-corrected chi connectivity index (χ3v) is 4.87. The minimum atomic E-state index is 1.08. The maximum Gasteiger partial charge on any atom is -0.0443 e. The van der Waals surface area contributed by atoms with Gasteiger partial charge in [-0.1, -0.05) is 247 Å². The van der Waals surface area contributed by atoms with Gasteiger partial charge in [0.05, 0.1) is 0 Å². The van der Waals surface area contributed by atoms with Crippen LogP contribution in [-0.4, -0.2) is 0 Å². The minimum Gasteiger partial charge on any atom is -0.0683 e. The maximum atomic E-state index is 2.28. The van der Waals surface area contributed by atoms with Crippen LogP contribution < -0.4 is 0 Å². The molecule has 0 aromatic rings. The number of hydrogen-bond acceptors (Lipinski definition) is 0. The van der Waals surface area contributed by atoms with Crippen LogP contribution in [-0.2, 0) is 0 Å². The summed E-state index contributed by atoms with van der Waals surface area (Å²) in [7, 11) is 0. The summed E-state index contributed by atoms with van der Waals surface area (Å²) < 4.78 is 0. The molecule has 0 aromatic heterocycles. The highest BCUT2D eigenvalue weighted by Gasteiger charge is 2.12. The van der Waals surface area contributed by atoms with Crippen molar-refractivity contribution in [1.29, 1.82) is 0 Å². The molecule has 5 aliphatic carbocycles. The van der Waals surface area contributed by atoms with E-state index in [1.165, 1.54) is 116 Å². The van der Waals surface area contributed by atoms with Gasteiger partial charge in [-0.3, -0.25) is 0 Å². The van der Waals surface area contributed by atoms with Crippen LogP contribution in [0.25, 0.3) is 0 Å². The molecular formula is C38H94. The zero-order valence-electron chi connectivity index (χ0n) is 32.3. The van der Waals surface area contributed by atoms with Crippen LogP contribution in [0.1, 0.15) is 247 Å². The molecular weight excluding hydrogens is 456 g/mol. The molecule has 246 valence electrons. The van der Waals surface area contributed by atoms with Gasteiger partial charge in [-0.2, -0.15) is 0 Å². The molecule has 0 heteroatoms. The Labute approximate surface area is 252 Å². The molecule has 0 N–H and O–H groups in total. The lowest BCUT2D eigenvalue weighted by Crippen LogP contribution is -1.85. The summed E-state index contributed by atoms with van der Waals surface area (Å²) in [6.07, 6.45) is 27.0. The second kappa shape index (κ2) is 109. The van der Waals surface area contributed by atoms with E-state index in [9.17, 15) is 0 Å². The monoisotopic (exact) mass is 551 g/mol. The Kier molecular flexibility index (Phi) is 177. The van der Waals surface area contributed by atoms with Gasteiger partial charge in [0.25, 0.3) is 0 Å². The van der Waals surface area contributed by atoms with E-state index in [4.69, 9.17) is 0 Å². The lowest BCUT2D eigenvalue weighted by molar-refractivity contribution is 0.504. The zero-order chi connectivity index (χ0) is 32.3. The molecule has 0 amide bonds. The van der Waals surface area contributed by atoms with Crippen molar-refractivity contribution in [1.82, 2.24) is 0 Å². The molecule has 0 saturated heterocycles. The SMILES string of the molecule is C1CCC1.C1CCC1.C1CCC1.C1CCC1.CC.CC.CC.CC.CC.CC.CC.CC.CC.CC1CC1. The Morgan fingerprint density at radius 1 is 0.211 bits per heavy atom. The predicted octanol–water partition coefficient (Wildman–Crippen LogP) is 16.9. The van der Waals surface area contributed by atoms with Gasteiger partial charge in [-0.25, -0.2) is 0 Å². The van der Waals surface area contributed by atoms with Crippen molar-refractivity contribution in [3.05, 3.63) is 0 Å². The van der Waals surface area contributed by atoms with Crippen LogP contribution >= 0.6 is 0 Å². The molecule has 0 aliphatic heterocycles. The molecule has 0 nitrogen and oxygen atoms in total. The van der Waals surface area contributed by atoms with E-state index >= 15 is 0 Å². The van der Waals surface area contributed by atoms with E-state index in [0.29, 0.717) is 0 Å². The van der Waals surface area contributed by atoms with E-state index in [1.807, 2.05) is 125 Å². The first kappa shape index (κ1) is 61.9. The number of hydrogen-bond donors (Lipinski definition) is 0. The van der Waals surface area contributed by atoms with Crippen molar-refractivity contribution >= 4 is 0 Å². The average molecular weight is 551 g/mol. The van der Waals surface area contributed by atoms with E-state index in [1.54, 1.807) is 0 Å². The summed E-state index contributed by atoms with van der Waals surface area (Å²) >= 11 is 0. The standard InChI is InChI=1S/5C4H8.9C2H6/c1-4-2-3-4;4*1-2-4-3-1;9*1-2/h4H,2-3H2,1H3;4*1-4H2;9*1-2H3. The molecule has 0 bridgehead atoms. The minimum absolute atomic E-state index is 1.08. The van der Waals surface area contributed by atoms with E-state index in [2.05, 4.69) is 6.92 Å². The molecule has 0 heterocycles. The number of rotatable bonds is 0. The third-order valence-electron chi connectivity index (χ3n) is 4.87. The van der Waals surface area contributed by atoms with Crippen molar-refractivity contribution in [3.63, 3.8) is 0 Å². The van der Waals surface area contributed by atoms with Crippen molar-refractivity contribution in [2.45, 2.75) is 247 Å². The first-order chi connectivity index (χ1) is 18.9. The Morgan fingerprint density at radius 2 is 0.263 bits per heavy atom. The predicted molar refractivity (Wildman–Crippen MR) is 194 cm³/mol. The van der Waals surface area contributed by atoms with Crippen LogP contribution in [0.4, 0.5) is 0 Å². The molecule has 38 heavy (non-hydrogen) atoms. The van der Waals surface area contributed by atoms with Crippen molar-refractivity contribution in [2.24, 2.45) is 5.92 Å². The molecule has 0 atom stereocenters. The molecule has 0 spiro atoms. The van der Waals surface area contributed by atoms with Gasteiger partial charge in [0.1, 0.15) is 0 Å². The smallest absolute Gasteiger partial charge is 0.0443 e. The van der Waals surface area contributed by atoms with Crippen LogP contribution in [0.15, 0.2) is 0 Å². The first-order valence-electron chi connectivity index (χ1n) is 18.9. The van der Waals surface area contributed by atoms with Gasteiger partial charge in [-0.05, 0) is 5.92 Å². The summed E-state index contributed by atoms with van der Waals surface area (Å²) in [5, 5.41) is 0. The highest BCUT2D eigenvalue weighted by molar-refractivity contribution is 4.65. The van der Waals surface area contributed by atoms with Crippen molar-refractivity contribution in [2.75, 3.05) is 0 Å². The Bertz CT molecular complexity index is 116. The molecule has 0 radical (unpaired) electrons. The molecule has 5 rings (SSSR count). The molecule has 5 aliphatic rings. The molecule has 0 unspecified atom stereocenters. The topological polar surface area (TPSA) is 0 Å². The van der Waals surface area contributed by atoms with Crippen LogP contribution in [0.3, 0.4) is 0 Å². The largest absolute Gasteiger partial charge is 0.0683 e. The van der Waals surface area contributed by atoms with Crippen LogP contribution in [0.2, 0.25) is 0 Å². The van der Waals surface area contributed by atoms with Crippen LogP contribution in [0, 0.1) is 5.92 Å². The Morgan fingerprint density at radius 3 is 0.263 bits per heavy atom. The van der Waals surface area contributed by atoms with Crippen molar-refractivity contribution < 1.29 is 0 Å². The van der Waals surface area contributed by atoms with Gasteiger partial charge in [0.2, 0.25) is 0 Å². The van der Waals surface area contributed by atoms with Crippen LogP contribution in [0.5, 0.6) is 0 Å². The molecule has 5 saturated carbocycles. The van der Waals surface area contributed by atoms with Gasteiger partial charge in [-0.15, -0.1) is 0 Å². The quantitative estimate of drug-likeness (QED) is 0.281. The fraction of sp³-hybridized carbons (Fsp3) is 1.00. The first-order valence-corrected chi connectivity index (χ1v) is 18.9. The summed E-state index contributed by atoms with van der Waals surface area (Å²) in [5.74, 6) is 1.08. The second-order valence-corrected chi connectivity index (χ2v) is 7.34. The normalized spacial score (nSPS) is 14.3. The maximum absolute atomic E-state index is 2.28. The Balaban J connectivity index is -0.0000000347. The van der Waals surface area contributed by atoms with E-state index < -0.39 is 0 Å². The fourth-order valence-electron chi connectivity index (χ4n) is 1.17. The zero-order valence-corrected chi connectivity index (χ0v) is 32.3. The lowest BCUT2D eigenvalue weighted by atomic mass is 10.0. The highest BCUT2D eigenvalue weighted by Crippen LogP contribution is 2.26. The summed E-state index contributed by atoms with van der Waals surface area (Å²) in [4.78, 5) is 0. The van der Waals surface area contributed by atoms with E-state index in [0.717, 1.165) is 5.92 Å². The summed E-state index contributed by atoms with van der Waals surface area (Å²) in [5.41, 5.74) is 0. The summed E-state index contributed by atoms with van der Waals surface area (Å²) in [6, 6.07) is 0. The Hall–Kier alpha value is 0. The average Bonchev–Trinajstić information content (AvgIpc) is 3.68.